The van der Waals surface area contributed by atoms with Gasteiger partial charge in [0.1, 0.15) is 11.5 Å². The standard InChI is InChI=1S/C16H16N2O/c1-2-17-11-13-6-7-16(19-13)15-5-3-4-12-10-18-9-8-14(12)15/h3-10,17H,2,11H2,1H3. The third-order valence-corrected chi connectivity index (χ3v) is 3.16. The molecular weight excluding hydrogens is 236 g/mol. The first-order valence-electron chi connectivity index (χ1n) is 6.51. The fourth-order valence-corrected chi connectivity index (χ4v) is 2.20. The highest BCUT2D eigenvalue weighted by atomic mass is 16.3. The van der Waals surface area contributed by atoms with Gasteiger partial charge < -0.3 is 9.73 Å². The van der Waals surface area contributed by atoms with Crippen LogP contribution in [0.1, 0.15) is 12.7 Å². The number of benzene rings is 1. The number of nitrogens with one attached hydrogen (secondary N) is 1. The highest BCUT2D eigenvalue weighted by Gasteiger charge is 2.08. The molecule has 19 heavy (non-hydrogen) atoms. The van der Waals surface area contributed by atoms with Crippen molar-refractivity contribution < 1.29 is 4.42 Å². The number of nitrogens with zero attached hydrogens (tertiary/aromatic N) is 1. The predicted molar refractivity (Wildman–Crippen MR) is 76.8 cm³/mol. The Morgan fingerprint density at radius 3 is 3.00 bits per heavy atom. The zero-order valence-corrected chi connectivity index (χ0v) is 10.9. The Balaban J connectivity index is 2.02. The van der Waals surface area contributed by atoms with E-state index in [4.69, 9.17) is 4.42 Å². The monoisotopic (exact) mass is 252 g/mol. The van der Waals surface area contributed by atoms with Crippen molar-refractivity contribution in [3.8, 4) is 11.3 Å². The van der Waals surface area contributed by atoms with Gasteiger partial charge in [0.05, 0.1) is 6.54 Å². The number of aromatic nitrogens is 1. The van der Waals surface area contributed by atoms with Gasteiger partial charge in [-0.3, -0.25) is 4.98 Å². The summed E-state index contributed by atoms with van der Waals surface area (Å²) in [6.45, 7) is 3.79. The molecule has 0 aliphatic heterocycles. The van der Waals surface area contributed by atoms with Crippen molar-refractivity contribution in [2.45, 2.75) is 13.5 Å². The van der Waals surface area contributed by atoms with Crippen LogP contribution in [0.2, 0.25) is 0 Å². The van der Waals surface area contributed by atoms with Gasteiger partial charge in [-0.05, 0) is 30.1 Å². The highest BCUT2D eigenvalue weighted by Crippen LogP contribution is 2.29. The molecule has 2 heterocycles. The van der Waals surface area contributed by atoms with E-state index < -0.39 is 0 Å². The van der Waals surface area contributed by atoms with E-state index in [9.17, 15) is 0 Å². The summed E-state index contributed by atoms with van der Waals surface area (Å²) >= 11 is 0. The lowest BCUT2D eigenvalue weighted by atomic mass is 10.1. The van der Waals surface area contributed by atoms with E-state index in [1.807, 2.05) is 36.7 Å². The average molecular weight is 252 g/mol. The summed E-state index contributed by atoms with van der Waals surface area (Å²) in [5.74, 6) is 1.87. The number of hydrogen-bond acceptors (Lipinski definition) is 3. The molecular formula is C16H16N2O. The van der Waals surface area contributed by atoms with Gasteiger partial charge in [0.15, 0.2) is 0 Å². The van der Waals surface area contributed by atoms with Crippen LogP contribution in [0.15, 0.2) is 53.2 Å². The van der Waals surface area contributed by atoms with Crippen LogP contribution in [0.3, 0.4) is 0 Å². The molecule has 0 bridgehead atoms. The molecule has 0 atom stereocenters. The molecule has 0 aliphatic rings. The topological polar surface area (TPSA) is 38.1 Å². The van der Waals surface area contributed by atoms with Crippen LogP contribution in [0.25, 0.3) is 22.1 Å². The molecule has 0 saturated carbocycles. The lowest BCUT2D eigenvalue weighted by molar-refractivity contribution is 0.499. The van der Waals surface area contributed by atoms with Crippen LogP contribution in [0.4, 0.5) is 0 Å². The minimum Gasteiger partial charge on any atom is -0.460 e. The molecule has 0 radical (unpaired) electrons. The van der Waals surface area contributed by atoms with E-state index in [1.165, 1.54) is 5.39 Å². The largest absolute Gasteiger partial charge is 0.460 e. The van der Waals surface area contributed by atoms with Crippen LogP contribution in [-0.4, -0.2) is 11.5 Å². The van der Waals surface area contributed by atoms with Gasteiger partial charge >= 0.3 is 0 Å². The second-order valence-corrected chi connectivity index (χ2v) is 4.45. The number of fused-ring (bicyclic) bond motifs is 1. The fourth-order valence-electron chi connectivity index (χ4n) is 2.20. The third kappa shape index (κ3) is 2.37. The maximum atomic E-state index is 5.90. The maximum Gasteiger partial charge on any atom is 0.134 e. The molecule has 0 saturated heterocycles. The molecule has 3 aromatic rings. The first kappa shape index (κ1) is 11.9. The van der Waals surface area contributed by atoms with Gasteiger partial charge in [-0.2, -0.15) is 0 Å². The maximum absolute atomic E-state index is 5.90. The minimum atomic E-state index is 0.767. The van der Waals surface area contributed by atoms with Gasteiger partial charge in [0.25, 0.3) is 0 Å². The van der Waals surface area contributed by atoms with E-state index in [0.717, 1.165) is 35.6 Å². The quantitative estimate of drug-likeness (QED) is 0.771. The summed E-state index contributed by atoms with van der Waals surface area (Å²) < 4.78 is 5.90. The average Bonchev–Trinajstić information content (AvgIpc) is 2.93. The minimum absolute atomic E-state index is 0.767. The molecule has 3 rings (SSSR count). The second kappa shape index (κ2) is 5.24. The Morgan fingerprint density at radius 1 is 1.16 bits per heavy atom. The first-order chi connectivity index (χ1) is 9.38. The zero-order chi connectivity index (χ0) is 13.1. The van der Waals surface area contributed by atoms with E-state index in [2.05, 4.69) is 29.4 Å². The second-order valence-electron chi connectivity index (χ2n) is 4.45. The Morgan fingerprint density at radius 2 is 2.11 bits per heavy atom. The zero-order valence-electron chi connectivity index (χ0n) is 10.9. The Labute approximate surface area is 112 Å². The van der Waals surface area contributed by atoms with Gasteiger partial charge in [-0.1, -0.05) is 25.1 Å². The Bertz CT molecular complexity index is 683. The molecule has 3 nitrogen and oxygen atoms in total. The van der Waals surface area contributed by atoms with Crippen LogP contribution in [0.5, 0.6) is 0 Å². The normalized spacial score (nSPS) is 11.0. The smallest absolute Gasteiger partial charge is 0.134 e. The van der Waals surface area contributed by atoms with E-state index in [-0.39, 0.29) is 0 Å². The Kier molecular flexibility index (Phi) is 3.29. The molecule has 96 valence electrons. The lowest BCUT2D eigenvalue weighted by Gasteiger charge is -2.03. The summed E-state index contributed by atoms with van der Waals surface area (Å²) in [6, 6.07) is 12.3. The molecule has 3 heteroatoms. The molecule has 1 aromatic carbocycles. The summed E-state index contributed by atoms with van der Waals surface area (Å²) in [7, 11) is 0. The summed E-state index contributed by atoms with van der Waals surface area (Å²) in [6.07, 6.45) is 3.69. The number of rotatable bonds is 4. The van der Waals surface area contributed by atoms with Gasteiger partial charge in [-0.15, -0.1) is 0 Å². The Hall–Kier alpha value is -2.13. The molecule has 0 spiro atoms. The third-order valence-electron chi connectivity index (χ3n) is 3.16. The molecule has 2 aromatic heterocycles. The van der Waals surface area contributed by atoms with E-state index >= 15 is 0 Å². The number of hydrogen-bond donors (Lipinski definition) is 1. The van der Waals surface area contributed by atoms with Gasteiger partial charge in [-0.25, -0.2) is 0 Å². The van der Waals surface area contributed by atoms with Crippen LogP contribution < -0.4 is 5.32 Å². The fraction of sp³-hybridized carbons (Fsp3) is 0.188. The lowest BCUT2D eigenvalue weighted by Crippen LogP contribution is -2.10. The van der Waals surface area contributed by atoms with Crippen molar-refractivity contribution in [3.63, 3.8) is 0 Å². The molecule has 0 fully saturated rings. The van der Waals surface area contributed by atoms with Gasteiger partial charge in [0, 0.05) is 23.3 Å². The van der Waals surface area contributed by atoms with Crippen LogP contribution in [-0.2, 0) is 6.54 Å². The number of furan rings is 1. The van der Waals surface area contributed by atoms with E-state index in [1.54, 1.807) is 0 Å². The van der Waals surface area contributed by atoms with Crippen molar-refractivity contribution in [1.82, 2.24) is 10.3 Å². The SMILES string of the molecule is CCNCc1ccc(-c2cccc3cnccc23)o1. The van der Waals surface area contributed by atoms with Crippen molar-refractivity contribution >= 4 is 10.8 Å². The van der Waals surface area contributed by atoms with Crippen LogP contribution in [0, 0.1) is 0 Å². The predicted octanol–water partition coefficient (Wildman–Crippen LogP) is 3.60. The van der Waals surface area contributed by atoms with E-state index in [0.29, 0.717) is 0 Å². The van der Waals surface area contributed by atoms with Crippen molar-refractivity contribution in [3.05, 3.63) is 54.6 Å². The van der Waals surface area contributed by atoms with Gasteiger partial charge in [0.2, 0.25) is 0 Å². The van der Waals surface area contributed by atoms with Crippen molar-refractivity contribution in [2.75, 3.05) is 6.54 Å². The molecule has 0 amide bonds. The summed E-state index contributed by atoms with van der Waals surface area (Å²) in [5, 5.41) is 5.56. The number of pyridine rings is 1. The molecule has 0 unspecified atom stereocenters. The molecule has 1 N–H and O–H groups in total. The van der Waals surface area contributed by atoms with Crippen molar-refractivity contribution in [2.24, 2.45) is 0 Å². The first-order valence-corrected chi connectivity index (χ1v) is 6.51. The molecule has 0 aliphatic carbocycles. The summed E-state index contributed by atoms with van der Waals surface area (Å²) in [4.78, 5) is 4.15. The van der Waals surface area contributed by atoms with Crippen LogP contribution >= 0.6 is 0 Å². The van der Waals surface area contributed by atoms with Crippen molar-refractivity contribution in [1.29, 1.82) is 0 Å². The highest BCUT2D eigenvalue weighted by molar-refractivity contribution is 5.94. The summed E-state index contributed by atoms with van der Waals surface area (Å²) in [5.41, 5.74) is 1.11.